The number of nitrogens with one attached hydrogen (secondary N) is 1. The van der Waals surface area contributed by atoms with Gasteiger partial charge in [0.05, 0.1) is 0 Å². The molecule has 1 aromatic carbocycles. The highest BCUT2D eigenvalue weighted by Crippen LogP contribution is 2.29. The Kier molecular flexibility index (Phi) is 3.87. The molecule has 0 spiro atoms. The molecule has 0 saturated heterocycles. The van der Waals surface area contributed by atoms with Crippen LogP contribution in [0.3, 0.4) is 0 Å². The van der Waals surface area contributed by atoms with Crippen molar-refractivity contribution in [3.05, 3.63) is 42.6 Å². The second kappa shape index (κ2) is 6.16. The number of hydrogen-bond donors (Lipinski definition) is 2. The van der Waals surface area contributed by atoms with Gasteiger partial charge in [-0.25, -0.2) is 0 Å². The molecule has 0 radical (unpaired) electrons. The average Bonchev–Trinajstić information content (AvgIpc) is 3.24. The summed E-state index contributed by atoms with van der Waals surface area (Å²) in [5, 5.41) is 9.08. The summed E-state index contributed by atoms with van der Waals surface area (Å²) < 4.78 is 1.94. The van der Waals surface area contributed by atoms with Gasteiger partial charge >= 0.3 is 0 Å². The zero-order valence-electron chi connectivity index (χ0n) is 13.3. The zero-order valence-corrected chi connectivity index (χ0v) is 13.3. The Balaban J connectivity index is 1.52. The van der Waals surface area contributed by atoms with Gasteiger partial charge < -0.3 is 10.7 Å². The van der Waals surface area contributed by atoms with E-state index in [0.717, 1.165) is 18.0 Å². The van der Waals surface area contributed by atoms with Crippen LogP contribution in [0.2, 0.25) is 0 Å². The summed E-state index contributed by atoms with van der Waals surface area (Å²) in [4.78, 5) is 3.39. The van der Waals surface area contributed by atoms with E-state index in [2.05, 4.69) is 39.6 Å². The zero-order chi connectivity index (χ0) is 15.6. The standard InChI is InChI=1S/C18H23N5/c19-15-5-2-13(3-6-15)1-4-14-10-20-18-8-7-16(9-17(14)18)23-11-21-22-12-23/h7-13,15,20H,1-6,19H2/t13-,15+. The Hall–Kier alpha value is -2.14. The minimum absolute atomic E-state index is 0.436. The maximum Gasteiger partial charge on any atom is 0.123 e. The number of aromatic amines is 1. The van der Waals surface area contributed by atoms with Gasteiger partial charge in [0.15, 0.2) is 0 Å². The lowest BCUT2D eigenvalue weighted by Crippen LogP contribution is -2.26. The predicted molar refractivity (Wildman–Crippen MR) is 91.5 cm³/mol. The molecule has 3 aromatic rings. The monoisotopic (exact) mass is 309 g/mol. The summed E-state index contributed by atoms with van der Waals surface area (Å²) in [5.41, 5.74) is 9.72. The number of aryl methyl sites for hydroxylation is 1. The van der Waals surface area contributed by atoms with Gasteiger partial charge in [-0.05, 0) is 68.2 Å². The fourth-order valence-electron chi connectivity index (χ4n) is 3.70. The highest BCUT2D eigenvalue weighted by molar-refractivity contribution is 5.85. The van der Waals surface area contributed by atoms with E-state index in [9.17, 15) is 0 Å². The first-order chi connectivity index (χ1) is 11.3. The van der Waals surface area contributed by atoms with Crippen LogP contribution in [0.1, 0.15) is 37.7 Å². The number of hydrogen-bond acceptors (Lipinski definition) is 3. The molecule has 0 amide bonds. The average molecular weight is 309 g/mol. The molecule has 2 aromatic heterocycles. The fourth-order valence-corrected chi connectivity index (χ4v) is 3.70. The van der Waals surface area contributed by atoms with Crippen molar-refractivity contribution in [3.63, 3.8) is 0 Å². The summed E-state index contributed by atoms with van der Waals surface area (Å²) >= 11 is 0. The number of nitrogens with zero attached hydrogens (tertiary/aromatic N) is 3. The molecule has 0 atom stereocenters. The van der Waals surface area contributed by atoms with Gasteiger partial charge in [-0.1, -0.05) is 0 Å². The third-order valence-electron chi connectivity index (χ3n) is 5.18. The minimum Gasteiger partial charge on any atom is -0.361 e. The molecule has 23 heavy (non-hydrogen) atoms. The van der Waals surface area contributed by atoms with Crippen molar-refractivity contribution >= 4 is 10.9 Å². The first-order valence-corrected chi connectivity index (χ1v) is 8.50. The van der Waals surface area contributed by atoms with Gasteiger partial charge in [0.25, 0.3) is 0 Å². The van der Waals surface area contributed by atoms with Crippen molar-refractivity contribution < 1.29 is 0 Å². The maximum atomic E-state index is 6.01. The van der Waals surface area contributed by atoms with Gasteiger partial charge in [-0.2, -0.15) is 0 Å². The third-order valence-corrected chi connectivity index (χ3v) is 5.18. The van der Waals surface area contributed by atoms with Gasteiger partial charge in [-0.3, -0.25) is 4.57 Å². The number of aromatic nitrogens is 4. The normalized spacial score (nSPS) is 21.8. The predicted octanol–water partition coefficient (Wildman–Crippen LogP) is 3.20. The van der Waals surface area contributed by atoms with Gasteiger partial charge in [-0.15, -0.1) is 10.2 Å². The minimum atomic E-state index is 0.436. The molecule has 2 heterocycles. The van der Waals surface area contributed by atoms with Gasteiger partial charge in [0.2, 0.25) is 0 Å². The summed E-state index contributed by atoms with van der Waals surface area (Å²) in [6.45, 7) is 0. The topological polar surface area (TPSA) is 72.5 Å². The molecule has 1 fully saturated rings. The largest absolute Gasteiger partial charge is 0.361 e. The van der Waals surface area contributed by atoms with Crippen molar-refractivity contribution in [2.24, 2.45) is 11.7 Å². The summed E-state index contributed by atoms with van der Waals surface area (Å²) in [6.07, 6.45) is 13.0. The first-order valence-electron chi connectivity index (χ1n) is 8.50. The van der Waals surface area contributed by atoms with E-state index in [1.165, 1.54) is 48.6 Å². The summed E-state index contributed by atoms with van der Waals surface area (Å²) in [6, 6.07) is 6.88. The van der Waals surface area contributed by atoms with Gasteiger partial charge in [0, 0.05) is 28.8 Å². The number of benzene rings is 1. The van der Waals surface area contributed by atoms with Crippen molar-refractivity contribution in [1.82, 2.24) is 19.7 Å². The lowest BCUT2D eigenvalue weighted by Gasteiger charge is -2.25. The molecular formula is C18H23N5. The Bertz CT molecular complexity index is 766. The van der Waals surface area contributed by atoms with Crippen molar-refractivity contribution in [2.75, 3.05) is 0 Å². The van der Waals surface area contributed by atoms with Crippen LogP contribution < -0.4 is 5.73 Å². The van der Waals surface area contributed by atoms with E-state index in [1.54, 1.807) is 12.7 Å². The van der Waals surface area contributed by atoms with E-state index < -0.39 is 0 Å². The number of fused-ring (bicyclic) bond motifs is 1. The Labute approximate surface area is 135 Å². The third kappa shape index (κ3) is 3.01. The number of rotatable bonds is 4. The fraction of sp³-hybridized carbons (Fsp3) is 0.444. The molecule has 3 N–H and O–H groups in total. The van der Waals surface area contributed by atoms with E-state index in [4.69, 9.17) is 5.73 Å². The van der Waals surface area contributed by atoms with E-state index >= 15 is 0 Å². The van der Waals surface area contributed by atoms with Gasteiger partial charge in [0.1, 0.15) is 12.7 Å². The first kappa shape index (κ1) is 14.5. The van der Waals surface area contributed by atoms with Crippen LogP contribution in [0.4, 0.5) is 0 Å². The molecule has 1 saturated carbocycles. The summed E-state index contributed by atoms with van der Waals surface area (Å²) in [7, 11) is 0. The van der Waals surface area contributed by atoms with Crippen molar-refractivity contribution in [2.45, 2.75) is 44.6 Å². The lowest BCUT2D eigenvalue weighted by molar-refractivity contribution is 0.311. The van der Waals surface area contributed by atoms with Crippen LogP contribution in [0, 0.1) is 5.92 Å². The number of H-pyrrole nitrogens is 1. The highest BCUT2D eigenvalue weighted by Gasteiger charge is 2.18. The highest BCUT2D eigenvalue weighted by atomic mass is 15.2. The van der Waals surface area contributed by atoms with Crippen LogP contribution >= 0.6 is 0 Å². The van der Waals surface area contributed by atoms with E-state index in [0.29, 0.717) is 6.04 Å². The molecule has 120 valence electrons. The molecule has 1 aliphatic rings. The smallest absolute Gasteiger partial charge is 0.123 e. The maximum absolute atomic E-state index is 6.01. The molecule has 5 nitrogen and oxygen atoms in total. The molecule has 0 bridgehead atoms. The van der Waals surface area contributed by atoms with E-state index in [-0.39, 0.29) is 0 Å². The SMILES string of the molecule is N[C@H]1CC[C@@H](CCc2c[nH]c3ccc(-n4cnnc4)cc23)CC1. The Morgan fingerprint density at radius 3 is 2.70 bits per heavy atom. The molecule has 4 rings (SSSR count). The van der Waals surface area contributed by atoms with Crippen molar-refractivity contribution in [1.29, 1.82) is 0 Å². The van der Waals surface area contributed by atoms with Crippen LogP contribution in [-0.2, 0) is 6.42 Å². The van der Waals surface area contributed by atoms with Crippen LogP contribution in [-0.4, -0.2) is 25.8 Å². The number of nitrogens with two attached hydrogens (primary N) is 1. The molecule has 0 unspecified atom stereocenters. The van der Waals surface area contributed by atoms with Crippen LogP contribution in [0.5, 0.6) is 0 Å². The van der Waals surface area contributed by atoms with E-state index in [1.807, 2.05) is 4.57 Å². The Morgan fingerprint density at radius 1 is 1.13 bits per heavy atom. The lowest BCUT2D eigenvalue weighted by atomic mass is 9.83. The summed E-state index contributed by atoms with van der Waals surface area (Å²) in [5.74, 6) is 0.834. The molecule has 0 aliphatic heterocycles. The van der Waals surface area contributed by atoms with Crippen LogP contribution in [0.15, 0.2) is 37.1 Å². The molecule has 1 aliphatic carbocycles. The Morgan fingerprint density at radius 2 is 1.91 bits per heavy atom. The van der Waals surface area contributed by atoms with Crippen molar-refractivity contribution in [3.8, 4) is 5.69 Å². The second-order valence-corrected chi connectivity index (χ2v) is 6.73. The quantitative estimate of drug-likeness (QED) is 0.777. The van der Waals surface area contributed by atoms with Crippen LogP contribution in [0.25, 0.3) is 16.6 Å². The second-order valence-electron chi connectivity index (χ2n) is 6.73. The molecular weight excluding hydrogens is 286 g/mol. The molecule has 5 heteroatoms.